The van der Waals surface area contributed by atoms with Gasteiger partial charge in [0.25, 0.3) is 0 Å². The van der Waals surface area contributed by atoms with Crippen molar-refractivity contribution in [3.63, 3.8) is 0 Å². The van der Waals surface area contributed by atoms with Gasteiger partial charge in [0.15, 0.2) is 0 Å². The van der Waals surface area contributed by atoms with Gasteiger partial charge in [0.05, 0.1) is 10.0 Å². The van der Waals surface area contributed by atoms with E-state index in [2.05, 4.69) is 5.32 Å². The van der Waals surface area contributed by atoms with E-state index >= 15 is 0 Å². The molecule has 1 aromatic carbocycles. The molecular formula is C14H16Cl2N2O2. The summed E-state index contributed by atoms with van der Waals surface area (Å²) >= 11 is 12.5. The second-order valence-corrected chi connectivity index (χ2v) is 6.10. The third-order valence-electron chi connectivity index (χ3n) is 4.21. The zero-order valence-corrected chi connectivity index (χ0v) is 12.4. The molecule has 1 saturated heterocycles. The molecule has 0 saturated carbocycles. The Morgan fingerprint density at radius 1 is 1.35 bits per heavy atom. The van der Waals surface area contributed by atoms with Gasteiger partial charge in [-0.25, -0.2) is 0 Å². The number of carboxylic acids is 1. The molecule has 2 aliphatic heterocycles. The molecule has 6 heteroatoms. The van der Waals surface area contributed by atoms with Crippen LogP contribution in [0.1, 0.15) is 24.3 Å². The molecule has 0 aromatic heterocycles. The monoisotopic (exact) mass is 314 g/mol. The number of halogens is 2. The van der Waals surface area contributed by atoms with E-state index in [1.165, 1.54) is 0 Å². The van der Waals surface area contributed by atoms with E-state index in [0.29, 0.717) is 10.0 Å². The molecule has 3 rings (SSSR count). The number of nitrogens with one attached hydrogen (secondary N) is 1. The summed E-state index contributed by atoms with van der Waals surface area (Å²) in [4.78, 5) is 13.1. The minimum absolute atomic E-state index is 0.00608. The summed E-state index contributed by atoms with van der Waals surface area (Å²) in [6.45, 7) is 1.83. The summed E-state index contributed by atoms with van der Waals surface area (Å²) in [5, 5.41) is 13.7. The SMILES string of the molecule is O=C(O)CN1c2ccc(Cl)c(Cl)c2[C@@H]2CCNCC[C@@H]21. The van der Waals surface area contributed by atoms with Crippen molar-refractivity contribution < 1.29 is 9.90 Å². The molecule has 2 aliphatic rings. The predicted octanol–water partition coefficient (Wildman–Crippen LogP) is 2.73. The van der Waals surface area contributed by atoms with Crippen molar-refractivity contribution in [3.05, 3.63) is 27.7 Å². The first kappa shape index (κ1) is 14.0. The van der Waals surface area contributed by atoms with Crippen LogP contribution in [0.15, 0.2) is 12.1 Å². The quantitative estimate of drug-likeness (QED) is 0.881. The second-order valence-electron chi connectivity index (χ2n) is 5.32. The Morgan fingerprint density at radius 3 is 2.85 bits per heavy atom. The Labute approximate surface area is 127 Å². The lowest BCUT2D eigenvalue weighted by atomic mass is 9.91. The Kier molecular flexibility index (Phi) is 3.80. The summed E-state index contributed by atoms with van der Waals surface area (Å²) in [5.41, 5.74) is 1.95. The van der Waals surface area contributed by atoms with E-state index in [0.717, 1.165) is 37.2 Å². The molecule has 0 spiro atoms. The molecule has 0 aliphatic carbocycles. The van der Waals surface area contributed by atoms with Gasteiger partial charge in [-0.1, -0.05) is 23.2 Å². The molecule has 0 radical (unpaired) electrons. The average molecular weight is 315 g/mol. The summed E-state index contributed by atoms with van der Waals surface area (Å²) < 4.78 is 0. The summed E-state index contributed by atoms with van der Waals surface area (Å²) in [6.07, 6.45) is 1.87. The van der Waals surface area contributed by atoms with Gasteiger partial charge in [0.2, 0.25) is 0 Å². The topological polar surface area (TPSA) is 52.6 Å². The molecule has 0 amide bonds. The maximum atomic E-state index is 11.2. The second kappa shape index (κ2) is 5.43. The van der Waals surface area contributed by atoms with Crippen molar-refractivity contribution in [1.82, 2.24) is 5.32 Å². The van der Waals surface area contributed by atoms with Gasteiger partial charge < -0.3 is 15.3 Å². The van der Waals surface area contributed by atoms with Crippen molar-refractivity contribution >= 4 is 34.9 Å². The molecule has 0 bridgehead atoms. The first-order valence-electron chi connectivity index (χ1n) is 6.76. The number of aliphatic carboxylic acids is 1. The highest BCUT2D eigenvalue weighted by atomic mass is 35.5. The van der Waals surface area contributed by atoms with E-state index in [9.17, 15) is 4.79 Å². The number of rotatable bonds is 2. The number of nitrogens with zero attached hydrogens (tertiary/aromatic N) is 1. The normalized spacial score (nSPS) is 25.0. The van der Waals surface area contributed by atoms with Gasteiger partial charge in [-0.3, -0.25) is 4.79 Å². The van der Waals surface area contributed by atoms with Gasteiger partial charge in [-0.05, 0) is 38.1 Å². The average Bonchev–Trinajstić information content (AvgIpc) is 2.57. The summed E-state index contributed by atoms with van der Waals surface area (Å²) in [5.74, 6) is -0.564. The largest absolute Gasteiger partial charge is 0.480 e. The molecule has 20 heavy (non-hydrogen) atoms. The number of fused-ring (bicyclic) bond motifs is 3. The van der Waals surface area contributed by atoms with Gasteiger partial charge in [-0.15, -0.1) is 0 Å². The lowest BCUT2D eigenvalue weighted by Gasteiger charge is -2.27. The highest BCUT2D eigenvalue weighted by molar-refractivity contribution is 6.42. The molecule has 4 nitrogen and oxygen atoms in total. The molecule has 2 N–H and O–H groups in total. The van der Waals surface area contributed by atoms with Crippen molar-refractivity contribution in [1.29, 1.82) is 0 Å². The smallest absolute Gasteiger partial charge is 0.323 e. The van der Waals surface area contributed by atoms with E-state index < -0.39 is 5.97 Å². The summed E-state index contributed by atoms with van der Waals surface area (Å²) in [6, 6.07) is 3.84. The maximum absolute atomic E-state index is 11.2. The number of anilines is 1. The van der Waals surface area contributed by atoms with Crippen LogP contribution >= 0.6 is 23.2 Å². The van der Waals surface area contributed by atoms with Gasteiger partial charge >= 0.3 is 5.97 Å². The van der Waals surface area contributed by atoms with Crippen molar-refractivity contribution in [2.75, 3.05) is 24.5 Å². The zero-order chi connectivity index (χ0) is 14.3. The molecule has 2 atom stereocenters. The third-order valence-corrected chi connectivity index (χ3v) is 5.03. The Balaban J connectivity index is 2.08. The van der Waals surface area contributed by atoms with Gasteiger partial charge in [0, 0.05) is 23.2 Å². The molecule has 1 aromatic rings. The Bertz CT molecular complexity index is 550. The number of carboxylic acid groups (broad SMARTS) is 1. The van der Waals surface area contributed by atoms with Gasteiger partial charge in [-0.2, -0.15) is 0 Å². The van der Waals surface area contributed by atoms with Crippen LogP contribution in [-0.2, 0) is 4.79 Å². The van der Waals surface area contributed by atoms with E-state index in [1.54, 1.807) is 6.07 Å². The van der Waals surface area contributed by atoms with E-state index in [-0.39, 0.29) is 18.5 Å². The minimum Gasteiger partial charge on any atom is -0.480 e. The van der Waals surface area contributed by atoms with Crippen LogP contribution in [0.3, 0.4) is 0 Å². The number of hydrogen-bond acceptors (Lipinski definition) is 3. The fraction of sp³-hybridized carbons (Fsp3) is 0.500. The maximum Gasteiger partial charge on any atom is 0.323 e. The van der Waals surface area contributed by atoms with Gasteiger partial charge in [0.1, 0.15) is 6.54 Å². The zero-order valence-electron chi connectivity index (χ0n) is 10.9. The lowest BCUT2D eigenvalue weighted by molar-refractivity contribution is -0.135. The van der Waals surface area contributed by atoms with Crippen LogP contribution in [0, 0.1) is 0 Å². The van der Waals surface area contributed by atoms with Crippen LogP contribution in [0.2, 0.25) is 10.0 Å². The fourth-order valence-electron chi connectivity index (χ4n) is 3.42. The van der Waals surface area contributed by atoms with Crippen LogP contribution in [0.5, 0.6) is 0 Å². The molecular weight excluding hydrogens is 299 g/mol. The van der Waals surface area contributed by atoms with E-state index in [4.69, 9.17) is 28.3 Å². The third kappa shape index (κ3) is 2.26. The number of hydrogen-bond donors (Lipinski definition) is 2. The van der Waals surface area contributed by atoms with Crippen molar-refractivity contribution in [2.24, 2.45) is 0 Å². The molecule has 108 valence electrons. The van der Waals surface area contributed by atoms with Crippen LogP contribution in [0.4, 0.5) is 5.69 Å². The van der Waals surface area contributed by atoms with Crippen molar-refractivity contribution in [3.8, 4) is 0 Å². The molecule has 1 fully saturated rings. The predicted molar refractivity (Wildman–Crippen MR) is 80.1 cm³/mol. The Morgan fingerprint density at radius 2 is 2.10 bits per heavy atom. The molecule has 0 unspecified atom stereocenters. The van der Waals surface area contributed by atoms with E-state index in [1.807, 2.05) is 11.0 Å². The standard InChI is InChI=1S/C14H16Cl2N2O2/c15-9-1-2-11-13(14(9)16)8-3-5-17-6-4-10(8)18(11)7-12(19)20/h1-2,8,10,17H,3-7H2,(H,19,20)/t8-,10+/m1/s1. The summed E-state index contributed by atoms with van der Waals surface area (Å²) in [7, 11) is 0. The first-order chi connectivity index (χ1) is 9.59. The lowest BCUT2D eigenvalue weighted by Crippen LogP contribution is -2.38. The first-order valence-corrected chi connectivity index (χ1v) is 7.52. The van der Waals surface area contributed by atoms with Crippen LogP contribution in [0.25, 0.3) is 0 Å². The molecule has 2 heterocycles. The van der Waals surface area contributed by atoms with Crippen LogP contribution < -0.4 is 10.2 Å². The minimum atomic E-state index is -0.820. The Hall–Kier alpha value is -0.970. The fourth-order valence-corrected chi connectivity index (χ4v) is 3.89. The number of benzene rings is 1. The highest BCUT2D eigenvalue weighted by Crippen LogP contribution is 2.49. The van der Waals surface area contributed by atoms with Crippen molar-refractivity contribution in [2.45, 2.75) is 24.8 Å². The highest BCUT2D eigenvalue weighted by Gasteiger charge is 2.41. The number of carbonyl (C=O) groups is 1. The van der Waals surface area contributed by atoms with Crippen LogP contribution in [-0.4, -0.2) is 36.8 Å².